The highest BCUT2D eigenvalue weighted by molar-refractivity contribution is 7.09. The van der Waals surface area contributed by atoms with Crippen LogP contribution in [0.15, 0.2) is 29.6 Å². The zero-order chi connectivity index (χ0) is 13.2. The minimum atomic E-state index is 0.351. The number of anilines is 1. The standard InChI is InChI=1S/C14H14Cl2N2S/c15-8-13-12(16)5-6-14(17-13)18(10-3-4-10)9-11-2-1-7-19-11/h1-2,5-7,10H,3-4,8-9H2. The largest absolute Gasteiger partial charge is 0.348 e. The smallest absolute Gasteiger partial charge is 0.129 e. The van der Waals surface area contributed by atoms with Gasteiger partial charge in [-0.2, -0.15) is 0 Å². The third-order valence-electron chi connectivity index (χ3n) is 3.22. The average Bonchev–Trinajstić information content (AvgIpc) is 3.14. The van der Waals surface area contributed by atoms with Crippen LogP contribution in [0.1, 0.15) is 23.4 Å². The molecule has 3 rings (SSSR count). The summed E-state index contributed by atoms with van der Waals surface area (Å²) in [4.78, 5) is 8.32. The van der Waals surface area contributed by atoms with E-state index in [1.54, 1.807) is 11.3 Å². The molecule has 2 heterocycles. The van der Waals surface area contributed by atoms with Crippen molar-refractivity contribution in [2.24, 2.45) is 0 Å². The first kappa shape index (κ1) is 13.2. The SMILES string of the molecule is ClCc1nc(N(Cc2cccs2)C2CC2)ccc1Cl. The van der Waals surface area contributed by atoms with Crippen LogP contribution in [0.2, 0.25) is 5.02 Å². The lowest BCUT2D eigenvalue weighted by Crippen LogP contribution is -2.25. The summed E-state index contributed by atoms with van der Waals surface area (Å²) in [5.74, 6) is 1.33. The third-order valence-corrected chi connectivity index (χ3v) is 4.68. The number of hydrogen-bond donors (Lipinski definition) is 0. The Morgan fingerprint density at radius 2 is 2.16 bits per heavy atom. The molecule has 0 bridgehead atoms. The van der Waals surface area contributed by atoms with E-state index in [1.807, 2.05) is 12.1 Å². The second kappa shape index (κ2) is 5.70. The molecule has 2 nitrogen and oxygen atoms in total. The topological polar surface area (TPSA) is 16.1 Å². The van der Waals surface area contributed by atoms with E-state index in [9.17, 15) is 0 Å². The van der Waals surface area contributed by atoms with Crippen molar-refractivity contribution in [3.8, 4) is 0 Å². The fourth-order valence-electron chi connectivity index (χ4n) is 2.08. The van der Waals surface area contributed by atoms with Crippen molar-refractivity contribution < 1.29 is 0 Å². The Labute approximate surface area is 127 Å². The Bertz CT molecular complexity index is 553. The number of aromatic nitrogens is 1. The molecule has 2 aromatic heterocycles. The predicted molar refractivity (Wildman–Crippen MR) is 82.3 cm³/mol. The van der Waals surface area contributed by atoms with Crippen LogP contribution in [0.4, 0.5) is 5.82 Å². The minimum absolute atomic E-state index is 0.351. The lowest BCUT2D eigenvalue weighted by molar-refractivity contribution is 0.783. The van der Waals surface area contributed by atoms with Gasteiger partial charge in [0.05, 0.1) is 23.1 Å². The van der Waals surface area contributed by atoms with E-state index in [1.165, 1.54) is 17.7 Å². The van der Waals surface area contributed by atoms with Gasteiger partial charge in [0.2, 0.25) is 0 Å². The number of pyridine rings is 1. The molecular formula is C14H14Cl2N2S. The molecule has 0 unspecified atom stereocenters. The molecule has 1 fully saturated rings. The van der Waals surface area contributed by atoms with E-state index in [0.29, 0.717) is 16.9 Å². The second-order valence-electron chi connectivity index (χ2n) is 4.67. The Morgan fingerprint density at radius 1 is 1.32 bits per heavy atom. The van der Waals surface area contributed by atoms with Crippen LogP contribution in [0, 0.1) is 0 Å². The number of hydrogen-bond acceptors (Lipinski definition) is 3. The molecule has 0 N–H and O–H groups in total. The fourth-order valence-corrected chi connectivity index (χ4v) is 3.23. The van der Waals surface area contributed by atoms with Gasteiger partial charge < -0.3 is 4.90 Å². The van der Waals surface area contributed by atoms with Crippen LogP contribution >= 0.6 is 34.5 Å². The van der Waals surface area contributed by atoms with Crippen LogP contribution in [-0.2, 0) is 12.4 Å². The number of rotatable bonds is 5. The van der Waals surface area contributed by atoms with Gasteiger partial charge in [0, 0.05) is 10.9 Å². The molecular weight excluding hydrogens is 299 g/mol. The van der Waals surface area contributed by atoms with Crippen molar-refractivity contribution in [1.82, 2.24) is 4.98 Å². The molecule has 0 spiro atoms. The van der Waals surface area contributed by atoms with E-state index < -0.39 is 0 Å². The monoisotopic (exact) mass is 312 g/mol. The summed E-state index contributed by atoms with van der Waals surface area (Å²) in [6.07, 6.45) is 2.48. The molecule has 0 aromatic carbocycles. The molecule has 0 saturated heterocycles. The van der Waals surface area contributed by atoms with Crippen LogP contribution in [0.5, 0.6) is 0 Å². The zero-order valence-corrected chi connectivity index (χ0v) is 12.7. The maximum Gasteiger partial charge on any atom is 0.129 e. The molecule has 19 heavy (non-hydrogen) atoms. The number of thiophene rings is 1. The summed E-state index contributed by atoms with van der Waals surface area (Å²) in [5.41, 5.74) is 0.762. The summed E-state index contributed by atoms with van der Waals surface area (Å²) in [5, 5.41) is 2.76. The van der Waals surface area contributed by atoms with E-state index >= 15 is 0 Å². The van der Waals surface area contributed by atoms with Gasteiger partial charge in [-0.1, -0.05) is 17.7 Å². The van der Waals surface area contributed by atoms with Crippen LogP contribution in [0.3, 0.4) is 0 Å². The maximum atomic E-state index is 6.08. The summed E-state index contributed by atoms with van der Waals surface area (Å²) in [6, 6.07) is 8.75. The average molecular weight is 313 g/mol. The van der Waals surface area contributed by atoms with Gasteiger partial charge in [-0.25, -0.2) is 4.98 Å². The van der Waals surface area contributed by atoms with E-state index in [0.717, 1.165) is 18.1 Å². The Kier molecular flexibility index (Phi) is 3.96. The van der Waals surface area contributed by atoms with Gasteiger partial charge in [-0.05, 0) is 36.4 Å². The van der Waals surface area contributed by atoms with Gasteiger partial charge in [-0.15, -0.1) is 22.9 Å². The molecule has 0 aliphatic heterocycles. The van der Waals surface area contributed by atoms with Crippen molar-refractivity contribution in [1.29, 1.82) is 0 Å². The highest BCUT2D eigenvalue weighted by atomic mass is 35.5. The number of alkyl halides is 1. The van der Waals surface area contributed by atoms with E-state index in [-0.39, 0.29) is 0 Å². The van der Waals surface area contributed by atoms with Crippen molar-refractivity contribution in [3.63, 3.8) is 0 Å². The van der Waals surface area contributed by atoms with Crippen molar-refractivity contribution in [2.45, 2.75) is 31.3 Å². The third kappa shape index (κ3) is 3.04. The van der Waals surface area contributed by atoms with Gasteiger partial charge in [0.25, 0.3) is 0 Å². The molecule has 0 radical (unpaired) electrons. The summed E-state index contributed by atoms with van der Waals surface area (Å²) in [7, 11) is 0. The first-order valence-corrected chi connectivity index (χ1v) is 8.07. The van der Waals surface area contributed by atoms with Gasteiger partial charge >= 0.3 is 0 Å². The van der Waals surface area contributed by atoms with Gasteiger partial charge in [0.15, 0.2) is 0 Å². The highest BCUT2D eigenvalue weighted by Gasteiger charge is 2.30. The molecule has 0 atom stereocenters. The minimum Gasteiger partial charge on any atom is -0.348 e. The Hall–Kier alpha value is -0.770. The van der Waals surface area contributed by atoms with Crippen LogP contribution in [0.25, 0.3) is 0 Å². The first-order chi connectivity index (χ1) is 9.28. The van der Waals surface area contributed by atoms with Gasteiger partial charge in [0.1, 0.15) is 5.82 Å². The van der Waals surface area contributed by atoms with E-state index in [2.05, 4.69) is 27.4 Å². The molecule has 5 heteroatoms. The van der Waals surface area contributed by atoms with Crippen molar-refractivity contribution in [3.05, 3.63) is 45.2 Å². The quantitative estimate of drug-likeness (QED) is 0.744. The highest BCUT2D eigenvalue weighted by Crippen LogP contribution is 2.33. The van der Waals surface area contributed by atoms with Crippen molar-refractivity contribution >= 4 is 40.4 Å². The summed E-state index contributed by atoms with van der Waals surface area (Å²) < 4.78 is 0. The van der Waals surface area contributed by atoms with Crippen LogP contribution in [-0.4, -0.2) is 11.0 Å². The fraction of sp³-hybridized carbons (Fsp3) is 0.357. The summed E-state index contributed by atoms with van der Waals surface area (Å²) in [6.45, 7) is 0.915. The second-order valence-corrected chi connectivity index (χ2v) is 6.38. The molecule has 100 valence electrons. The lowest BCUT2D eigenvalue weighted by Gasteiger charge is -2.23. The van der Waals surface area contributed by atoms with Gasteiger partial charge in [-0.3, -0.25) is 0 Å². The first-order valence-electron chi connectivity index (χ1n) is 6.28. The Balaban J connectivity index is 1.87. The molecule has 0 amide bonds. The van der Waals surface area contributed by atoms with Crippen LogP contribution < -0.4 is 4.90 Å². The normalized spacial score (nSPS) is 14.6. The molecule has 1 aliphatic carbocycles. The lowest BCUT2D eigenvalue weighted by atomic mass is 10.3. The predicted octanol–water partition coefficient (Wildman–Crippen LogP) is 4.70. The molecule has 1 saturated carbocycles. The summed E-state index contributed by atoms with van der Waals surface area (Å²) >= 11 is 13.7. The number of nitrogens with zero attached hydrogens (tertiary/aromatic N) is 2. The molecule has 2 aromatic rings. The maximum absolute atomic E-state index is 6.08. The van der Waals surface area contributed by atoms with E-state index in [4.69, 9.17) is 23.2 Å². The van der Waals surface area contributed by atoms with Crippen molar-refractivity contribution in [2.75, 3.05) is 4.90 Å². The zero-order valence-electron chi connectivity index (χ0n) is 10.4. The molecule has 1 aliphatic rings. The number of halogens is 2. The Morgan fingerprint density at radius 3 is 2.79 bits per heavy atom.